The summed E-state index contributed by atoms with van der Waals surface area (Å²) in [7, 11) is 1.55. The van der Waals surface area contributed by atoms with E-state index >= 15 is 0 Å². The second-order valence-corrected chi connectivity index (χ2v) is 6.81. The number of nitrogens with one attached hydrogen (secondary N) is 2. The molecule has 1 aliphatic rings. The van der Waals surface area contributed by atoms with Gasteiger partial charge in [0.1, 0.15) is 23.6 Å². The minimum absolute atomic E-state index is 0.348. The number of urea groups is 1. The molecule has 8 heteroatoms. The number of carbonyl (C=O) groups is 3. The number of hydrogen-bond acceptors (Lipinski definition) is 5. The third-order valence-corrected chi connectivity index (χ3v) is 5.04. The molecule has 1 saturated heterocycles. The number of nitrogens with zero attached hydrogens (tertiary/aromatic N) is 1. The molecule has 1 atom stereocenters. The van der Waals surface area contributed by atoms with Gasteiger partial charge in [0.25, 0.3) is 5.91 Å². The molecule has 30 heavy (non-hydrogen) atoms. The molecule has 0 bridgehead atoms. The van der Waals surface area contributed by atoms with E-state index in [-0.39, 0.29) is 6.54 Å². The number of imide groups is 1. The lowest BCUT2D eigenvalue weighted by molar-refractivity contribution is -0.134. The number of anilines is 1. The van der Waals surface area contributed by atoms with Gasteiger partial charge in [-0.3, -0.25) is 14.5 Å². The predicted octanol–water partition coefficient (Wildman–Crippen LogP) is 2.89. The molecule has 2 N–H and O–H groups in total. The molecule has 4 amide bonds. The van der Waals surface area contributed by atoms with Gasteiger partial charge < -0.3 is 20.1 Å². The fraction of sp³-hybridized carbons (Fsp3) is 0.318. The maximum Gasteiger partial charge on any atom is 0.325 e. The Morgan fingerprint density at radius 1 is 1.03 bits per heavy atom. The molecule has 3 rings (SSSR count). The van der Waals surface area contributed by atoms with Crippen molar-refractivity contribution >= 4 is 23.5 Å². The SMILES string of the molecule is CCOc1ccc(NC(=O)CN2C(=O)NC(CC)(c3ccc(OC)cc3)C2=O)cc1. The van der Waals surface area contributed by atoms with E-state index in [4.69, 9.17) is 9.47 Å². The van der Waals surface area contributed by atoms with Gasteiger partial charge in [-0.05, 0) is 55.3 Å². The number of amides is 4. The second kappa shape index (κ2) is 8.86. The first-order chi connectivity index (χ1) is 14.4. The molecule has 2 aromatic carbocycles. The van der Waals surface area contributed by atoms with Crippen LogP contribution >= 0.6 is 0 Å². The molecule has 1 unspecified atom stereocenters. The van der Waals surface area contributed by atoms with E-state index in [0.717, 1.165) is 4.90 Å². The van der Waals surface area contributed by atoms with Gasteiger partial charge in [0.05, 0.1) is 13.7 Å². The highest BCUT2D eigenvalue weighted by Crippen LogP contribution is 2.33. The standard InChI is InChI=1S/C22H25N3O5/c1-4-22(15-6-10-17(29-3)11-7-15)20(27)25(21(28)24-22)14-19(26)23-16-8-12-18(13-9-16)30-5-2/h6-13H,4-5,14H2,1-3H3,(H,23,26)(H,24,28). The van der Waals surface area contributed by atoms with Crippen molar-refractivity contribution in [3.05, 3.63) is 54.1 Å². The molecule has 0 aromatic heterocycles. The summed E-state index contributed by atoms with van der Waals surface area (Å²) in [4.78, 5) is 39.1. The minimum atomic E-state index is -1.21. The molecular weight excluding hydrogens is 386 g/mol. The molecule has 0 spiro atoms. The average molecular weight is 411 g/mol. The highest BCUT2D eigenvalue weighted by Gasteiger charge is 2.51. The van der Waals surface area contributed by atoms with Crippen molar-refractivity contribution in [2.75, 3.05) is 25.6 Å². The monoisotopic (exact) mass is 411 g/mol. The van der Waals surface area contributed by atoms with Gasteiger partial charge in [-0.2, -0.15) is 0 Å². The van der Waals surface area contributed by atoms with Crippen molar-refractivity contribution in [1.82, 2.24) is 10.2 Å². The summed E-state index contributed by atoms with van der Waals surface area (Å²) in [6.07, 6.45) is 0.348. The van der Waals surface area contributed by atoms with Crippen LogP contribution in [0.4, 0.5) is 10.5 Å². The molecule has 1 aliphatic heterocycles. The Bertz CT molecular complexity index is 927. The van der Waals surface area contributed by atoms with Crippen LogP contribution in [0.5, 0.6) is 11.5 Å². The molecule has 0 aliphatic carbocycles. The normalized spacial score (nSPS) is 18.2. The van der Waals surface area contributed by atoms with E-state index in [9.17, 15) is 14.4 Å². The first-order valence-electron chi connectivity index (χ1n) is 9.75. The number of carbonyl (C=O) groups excluding carboxylic acids is 3. The Labute approximate surface area is 175 Å². The third-order valence-electron chi connectivity index (χ3n) is 5.04. The largest absolute Gasteiger partial charge is 0.497 e. The van der Waals surface area contributed by atoms with Crippen molar-refractivity contribution in [2.24, 2.45) is 0 Å². The lowest BCUT2D eigenvalue weighted by atomic mass is 9.87. The van der Waals surface area contributed by atoms with Crippen molar-refractivity contribution in [2.45, 2.75) is 25.8 Å². The Morgan fingerprint density at radius 2 is 1.67 bits per heavy atom. The summed E-state index contributed by atoms with van der Waals surface area (Å²) in [6, 6.07) is 13.2. The summed E-state index contributed by atoms with van der Waals surface area (Å²) >= 11 is 0. The van der Waals surface area contributed by atoms with Crippen molar-refractivity contribution < 1.29 is 23.9 Å². The van der Waals surface area contributed by atoms with Crippen LogP contribution in [0.1, 0.15) is 25.8 Å². The van der Waals surface area contributed by atoms with Crippen LogP contribution in [0.3, 0.4) is 0 Å². The Balaban J connectivity index is 1.72. The predicted molar refractivity (Wildman–Crippen MR) is 111 cm³/mol. The van der Waals surface area contributed by atoms with Gasteiger partial charge in [-0.25, -0.2) is 4.79 Å². The fourth-order valence-electron chi connectivity index (χ4n) is 3.43. The molecule has 0 saturated carbocycles. The molecule has 8 nitrogen and oxygen atoms in total. The quantitative estimate of drug-likeness (QED) is 0.651. The van der Waals surface area contributed by atoms with E-state index in [1.807, 2.05) is 13.8 Å². The zero-order valence-electron chi connectivity index (χ0n) is 17.2. The average Bonchev–Trinajstić information content (AvgIpc) is 3.00. The number of rotatable bonds is 8. The van der Waals surface area contributed by atoms with Crippen molar-refractivity contribution in [3.8, 4) is 11.5 Å². The summed E-state index contributed by atoms with van der Waals surface area (Å²) in [5.74, 6) is 0.413. The van der Waals surface area contributed by atoms with Gasteiger partial charge in [0.2, 0.25) is 5.91 Å². The lowest BCUT2D eigenvalue weighted by Gasteiger charge is -2.26. The summed E-state index contributed by atoms with van der Waals surface area (Å²) in [5.41, 5.74) is -0.0195. The number of methoxy groups -OCH3 is 1. The topological polar surface area (TPSA) is 97.0 Å². The Morgan fingerprint density at radius 3 is 2.23 bits per heavy atom. The van der Waals surface area contributed by atoms with E-state index in [2.05, 4.69) is 10.6 Å². The zero-order valence-corrected chi connectivity index (χ0v) is 17.2. The molecule has 2 aromatic rings. The number of benzene rings is 2. The minimum Gasteiger partial charge on any atom is -0.497 e. The molecule has 0 radical (unpaired) electrons. The first-order valence-corrected chi connectivity index (χ1v) is 9.75. The van der Waals surface area contributed by atoms with E-state index in [1.165, 1.54) is 0 Å². The van der Waals surface area contributed by atoms with Gasteiger partial charge in [-0.1, -0.05) is 19.1 Å². The fourth-order valence-corrected chi connectivity index (χ4v) is 3.43. The maximum absolute atomic E-state index is 13.1. The molecule has 1 fully saturated rings. The third kappa shape index (κ3) is 4.07. The van der Waals surface area contributed by atoms with Crippen LogP contribution < -0.4 is 20.1 Å². The highest BCUT2D eigenvalue weighted by molar-refractivity contribution is 6.10. The van der Waals surface area contributed by atoms with Gasteiger partial charge >= 0.3 is 6.03 Å². The second-order valence-electron chi connectivity index (χ2n) is 6.81. The molecule has 158 valence electrons. The first kappa shape index (κ1) is 21.2. The van der Waals surface area contributed by atoms with Gasteiger partial charge in [0, 0.05) is 5.69 Å². The summed E-state index contributed by atoms with van der Waals surface area (Å²) in [5, 5.41) is 5.46. The Kier molecular flexibility index (Phi) is 6.25. The van der Waals surface area contributed by atoms with E-state index in [0.29, 0.717) is 35.8 Å². The van der Waals surface area contributed by atoms with Crippen LogP contribution in [0, 0.1) is 0 Å². The number of hydrogen-bond donors (Lipinski definition) is 2. The van der Waals surface area contributed by atoms with Crippen LogP contribution in [0.2, 0.25) is 0 Å². The van der Waals surface area contributed by atoms with E-state index in [1.54, 1.807) is 55.6 Å². The van der Waals surface area contributed by atoms with Crippen molar-refractivity contribution in [3.63, 3.8) is 0 Å². The summed E-state index contributed by atoms with van der Waals surface area (Å²) in [6.45, 7) is 3.86. The van der Waals surface area contributed by atoms with E-state index < -0.39 is 23.4 Å². The smallest absolute Gasteiger partial charge is 0.325 e. The van der Waals surface area contributed by atoms with Crippen LogP contribution in [0.15, 0.2) is 48.5 Å². The maximum atomic E-state index is 13.1. The van der Waals surface area contributed by atoms with Crippen LogP contribution in [0.25, 0.3) is 0 Å². The lowest BCUT2D eigenvalue weighted by Crippen LogP contribution is -2.44. The summed E-state index contributed by atoms with van der Waals surface area (Å²) < 4.78 is 10.5. The molecular formula is C22H25N3O5. The highest BCUT2D eigenvalue weighted by atomic mass is 16.5. The van der Waals surface area contributed by atoms with Crippen molar-refractivity contribution in [1.29, 1.82) is 0 Å². The molecule has 1 heterocycles. The van der Waals surface area contributed by atoms with Gasteiger partial charge in [-0.15, -0.1) is 0 Å². The van der Waals surface area contributed by atoms with Crippen LogP contribution in [-0.2, 0) is 15.1 Å². The van der Waals surface area contributed by atoms with Gasteiger partial charge in [0.15, 0.2) is 0 Å². The number of ether oxygens (including phenoxy) is 2. The Hall–Kier alpha value is -3.55. The van der Waals surface area contributed by atoms with Crippen LogP contribution in [-0.4, -0.2) is 43.0 Å². The zero-order chi connectivity index (χ0) is 21.7.